The highest BCUT2D eigenvalue weighted by Crippen LogP contribution is 2.23. The van der Waals surface area contributed by atoms with Crippen LogP contribution in [0.1, 0.15) is 55.9 Å². The van der Waals surface area contributed by atoms with Crippen LogP contribution in [0.25, 0.3) is 5.69 Å². The Kier molecular flexibility index (Phi) is 5.83. The van der Waals surface area contributed by atoms with Crippen molar-refractivity contribution in [2.75, 3.05) is 0 Å². The zero-order valence-electron chi connectivity index (χ0n) is 14.2. The van der Waals surface area contributed by atoms with Crippen molar-refractivity contribution < 1.29 is 4.79 Å². The highest BCUT2D eigenvalue weighted by molar-refractivity contribution is 6.30. The summed E-state index contributed by atoms with van der Waals surface area (Å²) in [6, 6.07) is 7.65. The van der Waals surface area contributed by atoms with Crippen molar-refractivity contribution in [1.29, 1.82) is 0 Å². The number of benzene rings is 1. The summed E-state index contributed by atoms with van der Waals surface area (Å²) in [5.41, 5.74) is 3.37. The molecule has 1 aromatic heterocycles. The fraction of sp³-hybridized carbons (Fsp3) is 0.444. The predicted molar refractivity (Wildman–Crippen MR) is 94.5 cm³/mol. The molecule has 4 nitrogen and oxygen atoms in total. The molecule has 0 aliphatic heterocycles. The normalized spacial score (nSPS) is 11.0. The quantitative estimate of drug-likeness (QED) is 0.862. The molecule has 0 atom stereocenters. The largest absolute Gasteiger partial charge is 0.350 e. The second kappa shape index (κ2) is 7.64. The molecule has 0 radical (unpaired) electrons. The van der Waals surface area contributed by atoms with Gasteiger partial charge in [-0.2, -0.15) is 5.10 Å². The Morgan fingerprint density at radius 2 is 2.09 bits per heavy atom. The molecular formula is C18H24ClN3O. The smallest absolute Gasteiger partial charge is 0.255 e. The van der Waals surface area contributed by atoms with Gasteiger partial charge in [0.1, 0.15) is 0 Å². The summed E-state index contributed by atoms with van der Waals surface area (Å²) in [5, 5.41) is 8.36. The van der Waals surface area contributed by atoms with E-state index in [2.05, 4.69) is 12.2 Å². The SMILES string of the molecule is CCCc1nn(-c2cccc(Cl)c2)c(CC)c1C(=O)NC(C)C. The molecule has 5 heteroatoms. The zero-order valence-corrected chi connectivity index (χ0v) is 14.9. The minimum Gasteiger partial charge on any atom is -0.350 e. The number of hydrogen-bond donors (Lipinski definition) is 1. The van der Waals surface area contributed by atoms with Crippen LogP contribution >= 0.6 is 11.6 Å². The van der Waals surface area contributed by atoms with E-state index in [1.807, 2.05) is 49.7 Å². The Bertz CT molecular complexity index is 692. The van der Waals surface area contributed by atoms with Crippen LogP contribution in [0.5, 0.6) is 0 Å². The summed E-state index contributed by atoms with van der Waals surface area (Å²) >= 11 is 6.11. The number of aromatic nitrogens is 2. The molecule has 0 saturated carbocycles. The van der Waals surface area contributed by atoms with Crippen LogP contribution in [0, 0.1) is 0 Å². The Balaban J connectivity index is 2.58. The van der Waals surface area contributed by atoms with Crippen LogP contribution in [0.15, 0.2) is 24.3 Å². The van der Waals surface area contributed by atoms with Crippen molar-refractivity contribution in [2.45, 2.75) is 53.0 Å². The van der Waals surface area contributed by atoms with E-state index < -0.39 is 0 Å². The van der Waals surface area contributed by atoms with Crippen molar-refractivity contribution in [1.82, 2.24) is 15.1 Å². The van der Waals surface area contributed by atoms with Crippen molar-refractivity contribution in [3.05, 3.63) is 46.2 Å². The van der Waals surface area contributed by atoms with Gasteiger partial charge in [-0.15, -0.1) is 0 Å². The molecule has 0 bridgehead atoms. The fourth-order valence-corrected chi connectivity index (χ4v) is 2.84. The van der Waals surface area contributed by atoms with E-state index in [1.54, 1.807) is 0 Å². The molecule has 1 heterocycles. The van der Waals surface area contributed by atoms with Gasteiger partial charge in [-0.05, 0) is 44.9 Å². The van der Waals surface area contributed by atoms with Gasteiger partial charge in [0.05, 0.1) is 22.6 Å². The predicted octanol–water partition coefficient (Wildman–Crippen LogP) is 4.18. The molecule has 0 aliphatic rings. The lowest BCUT2D eigenvalue weighted by molar-refractivity contribution is 0.0941. The Hall–Kier alpha value is -1.81. The van der Waals surface area contributed by atoms with Gasteiger partial charge in [-0.25, -0.2) is 4.68 Å². The molecule has 2 rings (SSSR count). The number of halogens is 1. The molecule has 0 aliphatic carbocycles. The number of amides is 1. The van der Waals surface area contributed by atoms with E-state index in [9.17, 15) is 4.79 Å². The van der Waals surface area contributed by atoms with Gasteiger partial charge in [0.2, 0.25) is 0 Å². The second-order valence-electron chi connectivity index (χ2n) is 5.89. The van der Waals surface area contributed by atoms with Gasteiger partial charge in [0.15, 0.2) is 0 Å². The maximum atomic E-state index is 12.7. The third-order valence-corrected chi connectivity index (χ3v) is 3.81. The summed E-state index contributed by atoms with van der Waals surface area (Å²) in [7, 11) is 0. The van der Waals surface area contributed by atoms with Gasteiger partial charge < -0.3 is 5.32 Å². The van der Waals surface area contributed by atoms with E-state index in [4.69, 9.17) is 16.7 Å². The lowest BCUT2D eigenvalue weighted by atomic mass is 10.1. The number of aryl methyl sites for hydroxylation is 1. The summed E-state index contributed by atoms with van der Waals surface area (Å²) in [6.07, 6.45) is 2.45. The highest BCUT2D eigenvalue weighted by atomic mass is 35.5. The number of rotatable bonds is 6. The minimum absolute atomic E-state index is 0.0476. The molecule has 0 spiro atoms. The number of nitrogens with zero attached hydrogens (tertiary/aromatic N) is 2. The first-order chi connectivity index (χ1) is 11.0. The third-order valence-electron chi connectivity index (χ3n) is 3.57. The van der Waals surface area contributed by atoms with Gasteiger partial charge >= 0.3 is 0 Å². The fourth-order valence-electron chi connectivity index (χ4n) is 2.66. The number of carbonyl (C=O) groups is 1. The van der Waals surface area contributed by atoms with Crippen molar-refractivity contribution in [3.63, 3.8) is 0 Å². The topological polar surface area (TPSA) is 46.9 Å². The lowest BCUT2D eigenvalue weighted by Gasteiger charge is -2.11. The zero-order chi connectivity index (χ0) is 17.0. The van der Waals surface area contributed by atoms with Gasteiger partial charge in [0, 0.05) is 11.1 Å². The molecule has 23 heavy (non-hydrogen) atoms. The van der Waals surface area contributed by atoms with Crippen LogP contribution < -0.4 is 5.32 Å². The van der Waals surface area contributed by atoms with E-state index in [0.29, 0.717) is 10.6 Å². The van der Waals surface area contributed by atoms with E-state index in [0.717, 1.165) is 36.3 Å². The van der Waals surface area contributed by atoms with Crippen molar-refractivity contribution in [2.24, 2.45) is 0 Å². The third kappa shape index (κ3) is 3.94. The Morgan fingerprint density at radius 3 is 2.65 bits per heavy atom. The highest BCUT2D eigenvalue weighted by Gasteiger charge is 2.23. The number of nitrogens with one attached hydrogen (secondary N) is 1. The molecule has 0 fully saturated rings. The molecule has 0 unspecified atom stereocenters. The number of carbonyl (C=O) groups excluding carboxylic acids is 1. The standard InChI is InChI=1S/C18H24ClN3O/c1-5-8-15-17(18(23)20-12(3)4)16(6-2)22(21-15)14-10-7-9-13(19)11-14/h7,9-12H,5-6,8H2,1-4H3,(H,20,23). The van der Waals surface area contributed by atoms with Crippen LogP contribution in [-0.4, -0.2) is 21.7 Å². The van der Waals surface area contributed by atoms with Crippen LogP contribution in [0.2, 0.25) is 5.02 Å². The minimum atomic E-state index is -0.0476. The van der Waals surface area contributed by atoms with Crippen LogP contribution in [0.4, 0.5) is 0 Å². The number of hydrogen-bond acceptors (Lipinski definition) is 2. The second-order valence-corrected chi connectivity index (χ2v) is 6.33. The van der Waals surface area contributed by atoms with Crippen molar-refractivity contribution >= 4 is 17.5 Å². The average Bonchev–Trinajstić information content (AvgIpc) is 2.85. The average molecular weight is 334 g/mol. The molecule has 1 aromatic carbocycles. The molecule has 1 amide bonds. The molecule has 0 saturated heterocycles. The molecule has 124 valence electrons. The Morgan fingerprint density at radius 1 is 1.35 bits per heavy atom. The first-order valence-corrected chi connectivity index (χ1v) is 8.53. The van der Waals surface area contributed by atoms with Gasteiger partial charge in [-0.1, -0.05) is 37.9 Å². The first-order valence-electron chi connectivity index (χ1n) is 8.15. The summed E-state index contributed by atoms with van der Waals surface area (Å²) in [5.74, 6) is -0.0476. The van der Waals surface area contributed by atoms with E-state index in [-0.39, 0.29) is 11.9 Å². The van der Waals surface area contributed by atoms with Gasteiger partial charge in [-0.3, -0.25) is 4.79 Å². The maximum Gasteiger partial charge on any atom is 0.255 e. The molecule has 2 aromatic rings. The summed E-state index contributed by atoms with van der Waals surface area (Å²) < 4.78 is 1.85. The maximum absolute atomic E-state index is 12.7. The van der Waals surface area contributed by atoms with Crippen LogP contribution in [0.3, 0.4) is 0 Å². The monoisotopic (exact) mass is 333 g/mol. The van der Waals surface area contributed by atoms with E-state index >= 15 is 0 Å². The molecule has 1 N–H and O–H groups in total. The summed E-state index contributed by atoms with van der Waals surface area (Å²) in [6.45, 7) is 8.06. The molecular weight excluding hydrogens is 310 g/mol. The summed E-state index contributed by atoms with van der Waals surface area (Å²) in [4.78, 5) is 12.7. The van der Waals surface area contributed by atoms with Crippen molar-refractivity contribution in [3.8, 4) is 5.69 Å². The lowest BCUT2D eigenvalue weighted by Crippen LogP contribution is -2.31. The van der Waals surface area contributed by atoms with Gasteiger partial charge in [0.25, 0.3) is 5.91 Å². The van der Waals surface area contributed by atoms with Crippen LogP contribution in [-0.2, 0) is 12.8 Å². The Labute approximate surface area is 142 Å². The first kappa shape index (κ1) is 17.5. The van der Waals surface area contributed by atoms with E-state index in [1.165, 1.54) is 0 Å².